The van der Waals surface area contributed by atoms with Gasteiger partial charge in [-0.3, -0.25) is 28.8 Å². The van der Waals surface area contributed by atoms with Crippen molar-refractivity contribution in [1.82, 2.24) is 15.1 Å². The molecule has 4 N–H and O–H groups in total. The molecule has 5 rings (SSSR count). The lowest BCUT2D eigenvalue weighted by atomic mass is 9.89. The first-order chi connectivity index (χ1) is 33.6. The number of carboxylic acid groups (broad SMARTS) is 1. The Hall–Kier alpha value is -5.10. The van der Waals surface area contributed by atoms with Crippen LogP contribution in [0.25, 0.3) is 0 Å². The van der Waals surface area contributed by atoms with Gasteiger partial charge in [0.1, 0.15) is 23.9 Å². The zero-order valence-electron chi connectivity index (χ0n) is 44.5. The van der Waals surface area contributed by atoms with Crippen molar-refractivity contribution in [3.8, 4) is 0 Å². The number of aliphatic carboxylic acids is 1. The first-order valence-electron chi connectivity index (χ1n) is 25.6. The van der Waals surface area contributed by atoms with Gasteiger partial charge < -0.3 is 49.4 Å². The van der Waals surface area contributed by atoms with E-state index in [-0.39, 0.29) is 91.2 Å². The Labute approximate surface area is 425 Å². The first-order valence-corrected chi connectivity index (χ1v) is 25.6. The second-order valence-corrected chi connectivity index (χ2v) is 23.2. The van der Waals surface area contributed by atoms with Gasteiger partial charge in [-0.05, 0) is 114 Å². The molecule has 2 saturated heterocycles. The van der Waals surface area contributed by atoms with Crippen LogP contribution in [0.4, 0.5) is 4.79 Å². The number of alkyl carbamates (subject to hydrolysis) is 1. The first kappa shape index (κ1) is 59.5. The lowest BCUT2D eigenvalue weighted by molar-refractivity contribution is -0.160. The smallest absolute Gasteiger partial charge is 0.407 e. The molecule has 404 valence electrons. The third-order valence-electron chi connectivity index (χ3n) is 14.8. The molecule has 0 bridgehead atoms. The fraction of sp³-hybridized carbons (Fsp3) is 0.741. The molecule has 0 aromatic heterocycles. The number of aliphatic hydroxyl groups is 2. The molecule has 1 aromatic rings. The number of nitrogens with zero attached hydrogens (tertiary/aromatic N) is 2. The summed E-state index contributed by atoms with van der Waals surface area (Å²) in [5, 5.41) is 30.9. The van der Waals surface area contributed by atoms with Gasteiger partial charge in [-0.15, -0.1) is 0 Å². The van der Waals surface area contributed by atoms with Crippen molar-refractivity contribution < 1.29 is 72.6 Å². The molecule has 2 heterocycles. The molecule has 4 fully saturated rings. The molecular weight excluding hydrogens is 931 g/mol. The molecule has 4 aliphatic rings. The molecule has 18 nitrogen and oxygen atoms in total. The van der Waals surface area contributed by atoms with E-state index in [9.17, 15) is 48.6 Å². The summed E-state index contributed by atoms with van der Waals surface area (Å²) in [5.41, 5.74) is -0.652. The zero-order valence-corrected chi connectivity index (χ0v) is 44.5. The number of ether oxygens (including phenoxy) is 4. The average molecular weight is 1010 g/mol. The number of amides is 3. The van der Waals surface area contributed by atoms with Crippen molar-refractivity contribution in [2.24, 2.45) is 52.3 Å². The second kappa shape index (κ2) is 25.2. The number of hydrogen-bond donors (Lipinski definition) is 4. The maximum atomic E-state index is 13.9. The summed E-state index contributed by atoms with van der Waals surface area (Å²) in [6.45, 7) is 19.9. The number of esters is 3. The molecule has 2 aliphatic heterocycles. The highest BCUT2D eigenvalue weighted by molar-refractivity contribution is 5.94. The summed E-state index contributed by atoms with van der Waals surface area (Å²) < 4.78 is 21.0. The van der Waals surface area contributed by atoms with Crippen LogP contribution >= 0.6 is 0 Å². The number of nitrogens with one attached hydrogen (secondary N) is 1. The van der Waals surface area contributed by atoms with Crippen LogP contribution in [-0.4, -0.2) is 136 Å². The Morgan fingerprint density at radius 2 is 1.12 bits per heavy atom. The number of likely N-dealkylation sites (tertiary alicyclic amines) is 2. The number of rotatable bonds is 24. The van der Waals surface area contributed by atoms with E-state index >= 15 is 0 Å². The van der Waals surface area contributed by atoms with E-state index in [1.807, 2.05) is 44.2 Å². The number of carbonyl (C=O) groups excluding carboxylic acids is 7. The second-order valence-electron chi connectivity index (χ2n) is 23.2. The van der Waals surface area contributed by atoms with Gasteiger partial charge >= 0.3 is 30.0 Å². The molecule has 2 saturated carbocycles. The van der Waals surface area contributed by atoms with Gasteiger partial charge in [0.2, 0.25) is 11.8 Å². The number of hydrogen-bond acceptors (Lipinski definition) is 14. The fourth-order valence-corrected chi connectivity index (χ4v) is 10.9. The van der Waals surface area contributed by atoms with Crippen LogP contribution in [0.1, 0.15) is 139 Å². The topological polar surface area (TPSA) is 253 Å². The number of methoxy groups -OCH3 is 1. The van der Waals surface area contributed by atoms with Crippen LogP contribution < -0.4 is 5.32 Å². The Morgan fingerprint density at radius 3 is 1.57 bits per heavy atom. The molecule has 18 heteroatoms. The van der Waals surface area contributed by atoms with Crippen LogP contribution in [0.2, 0.25) is 0 Å². The normalized spacial score (nSPS) is 23.4. The fourth-order valence-electron chi connectivity index (χ4n) is 10.9. The molecule has 3 unspecified atom stereocenters. The Morgan fingerprint density at radius 1 is 0.667 bits per heavy atom. The SMILES string of the molecule is CC(C)(C)OC(=O)C[C@@H](CCCO)C(=O)N1CC2[C@@H]([C@H]1C(=O)O)C2(C)C.COC(=O)C(CCCCNC(=O)OCc1ccccc1)CC(=O)[C@@H]1[C@@H]2C(CN1C(=O)[C@H](CCCO)CC(=O)OC(C)(C)C)C2(C)C. The third-order valence-corrected chi connectivity index (χ3v) is 14.8. The number of aliphatic hydroxyl groups excluding tert-OH is 2. The number of fused-ring (bicyclic) bond motifs is 2. The summed E-state index contributed by atoms with van der Waals surface area (Å²) in [7, 11) is 1.29. The highest BCUT2D eigenvalue weighted by Crippen LogP contribution is 2.66. The number of Topliss-reactive ketones (excluding diaryl/α,β-unsaturated/α-hetero) is 1. The van der Waals surface area contributed by atoms with E-state index in [1.54, 1.807) is 46.4 Å². The lowest BCUT2D eigenvalue weighted by Crippen LogP contribution is -2.48. The summed E-state index contributed by atoms with van der Waals surface area (Å²) in [5.74, 6) is -5.08. The molecular formula is C54H83N3O15. The number of piperidine rings is 2. The summed E-state index contributed by atoms with van der Waals surface area (Å²) >= 11 is 0. The standard InChI is InChI=1S/C35H52N2O9.C19H31NO6/c1-34(2,3)46-28(40)20-24(16-12-18-38)31(41)37-21-26-29(35(26,4)5)30(37)27(39)19-25(32(42)44-6)15-10-11-17-36-33(43)45-22-23-13-8-7-9-14-23;1-18(2,3)26-13(22)9-11(7-6-8-21)16(23)20-10-12-14(19(12,4)5)15(20)17(24)25/h7-9,13-14,24-26,29-30,38H,10-12,15-22H2,1-6H3,(H,36,43);11-12,14-15,21H,6-10H2,1-5H3,(H,24,25)/t24-,25?,26?,29+,30-;11-,12?,14+,15+/m11/s1. The molecule has 0 radical (unpaired) electrons. The number of carboxylic acids is 1. The maximum Gasteiger partial charge on any atom is 0.407 e. The molecule has 2 aliphatic carbocycles. The van der Waals surface area contributed by atoms with Gasteiger partial charge in [0.25, 0.3) is 0 Å². The van der Waals surface area contributed by atoms with E-state index in [0.717, 1.165) is 5.56 Å². The maximum absolute atomic E-state index is 13.9. The van der Waals surface area contributed by atoms with Crippen molar-refractivity contribution in [2.45, 2.75) is 163 Å². The van der Waals surface area contributed by atoms with E-state index in [2.05, 4.69) is 19.2 Å². The number of carbonyl (C=O) groups is 8. The highest BCUT2D eigenvalue weighted by Gasteiger charge is 2.70. The predicted octanol–water partition coefficient (Wildman–Crippen LogP) is 6.11. The van der Waals surface area contributed by atoms with Crippen LogP contribution in [0, 0.1) is 52.3 Å². The monoisotopic (exact) mass is 1010 g/mol. The van der Waals surface area contributed by atoms with Crippen molar-refractivity contribution in [1.29, 1.82) is 0 Å². The predicted molar refractivity (Wildman–Crippen MR) is 264 cm³/mol. The van der Waals surface area contributed by atoms with Gasteiger partial charge in [-0.2, -0.15) is 0 Å². The largest absolute Gasteiger partial charge is 0.480 e. The van der Waals surface area contributed by atoms with Gasteiger partial charge in [0.15, 0.2) is 5.78 Å². The van der Waals surface area contributed by atoms with Gasteiger partial charge in [0, 0.05) is 57.0 Å². The summed E-state index contributed by atoms with van der Waals surface area (Å²) in [6.07, 6.45) is 2.04. The van der Waals surface area contributed by atoms with Crippen LogP contribution in [0.5, 0.6) is 0 Å². The number of benzene rings is 1. The van der Waals surface area contributed by atoms with Crippen molar-refractivity contribution >= 4 is 47.6 Å². The van der Waals surface area contributed by atoms with E-state index < -0.39 is 71.0 Å². The van der Waals surface area contributed by atoms with Gasteiger partial charge in [-0.1, -0.05) is 64.4 Å². The van der Waals surface area contributed by atoms with Crippen molar-refractivity contribution in [2.75, 3.05) is 40.0 Å². The summed E-state index contributed by atoms with van der Waals surface area (Å²) in [6, 6.07) is 7.82. The van der Waals surface area contributed by atoms with Crippen LogP contribution in [0.15, 0.2) is 30.3 Å². The van der Waals surface area contributed by atoms with E-state index in [0.29, 0.717) is 64.6 Å². The minimum atomic E-state index is -0.991. The average Bonchev–Trinajstić information content (AvgIpc) is 3.73. The van der Waals surface area contributed by atoms with Crippen molar-refractivity contribution in [3.05, 3.63) is 35.9 Å². The minimum Gasteiger partial charge on any atom is -0.480 e. The lowest BCUT2D eigenvalue weighted by Gasteiger charge is -2.33. The van der Waals surface area contributed by atoms with Gasteiger partial charge in [-0.25, -0.2) is 9.59 Å². The van der Waals surface area contributed by atoms with E-state index in [1.165, 1.54) is 12.0 Å². The highest BCUT2D eigenvalue weighted by atomic mass is 16.6. The van der Waals surface area contributed by atoms with Crippen molar-refractivity contribution in [3.63, 3.8) is 0 Å². The molecule has 72 heavy (non-hydrogen) atoms. The van der Waals surface area contributed by atoms with Gasteiger partial charge in [0.05, 0.1) is 31.9 Å². The summed E-state index contributed by atoms with van der Waals surface area (Å²) in [4.78, 5) is 105. The quantitative estimate of drug-likeness (QED) is 0.0518. The van der Waals surface area contributed by atoms with Crippen LogP contribution in [0.3, 0.4) is 0 Å². The minimum absolute atomic E-state index is 0.0339. The number of unbranched alkanes of at least 4 members (excludes halogenated alkanes) is 1. The Bertz CT molecular complexity index is 2060. The third kappa shape index (κ3) is 16.2. The van der Waals surface area contributed by atoms with Crippen LogP contribution in [-0.2, 0) is 59.1 Å². The molecule has 9 atom stereocenters. The van der Waals surface area contributed by atoms with E-state index in [4.69, 9.17) is 24.1 Å². The molecule has 0 spiro atoms. The Kier molecular flexibility index (Phi) is 20.8. The number of ketones is 1. The Balaban J connectivity index is 0.000000365. The molecule has 1 aromatic carbocycles. The molecule has 3 amide bonds. The zero-order chi connectivity index (χ0) is 53.9.